The lowest BCUT2D eigenvalue weighted by molar-refractivity contribution is -0.120. The Balaban J connectivity index is 2.42. The van der Waals surface area contributed by atoms with E-state index in [1.165, 1.54) is 0 Å². The molecular weight excluding hydrogens is 226 g/mol. The van der Waals surface area contributed by atoms with Crippen molar-refractivity contribution in [1.29, 1.82) is 0 Å². The average Bonchev–Trinajstić information content (AvgIpc) is 2.31. The molecule has 2 N–H and O–H groups in total. The number of rotatable bonds is 5. The van der Waals surface area contributed by atoms with E-state index in [1.807, 2.05) is 0 Å². The summed E-state index contributed by atoms with van der Waals surface area (Å²) in [6.07, 6.45) is 4.98. The quantitative estimate of drug-likeness (QED) is 0.588. The molecular formula is C12H12F2N2O. The maximum Gasteiger partial charge on any atom is 0.234 e. The third kappa shape index (κ3) is 4.62. The predicted molar refractivity (Wildman–Crippen MR) is 59.9 cm³/mol. The van der Waals surface area contributed by atoms with Crippen molar-refractivity contribution in [3.8, 4) is 12.3 Å². The van der Waals surface area contributed by atoms with Crippen LogP contribution in [0.15, 0.2) is 18.2 Å². The number of hydrogen-bond donors (Lipinski definition) is 2. The van der Waals surface area contributed by atoms with Crippen molar-refractivity contribution in [2.45, 2.75) is 6.54 Å². The molecule has 0 spiro atoms. The Labute approximate surface area is 98.2 Å². The van der Waals surface area contributed by atoms with E-state index >= 15 is 0 Å². The number of carbonyl (C=O) groups excluding carboxylic acids is 1. The van der Waals surface area contributed by atoms with Crippen molar-refractivity contribution in [2.75, 3.05) is 13.1 Å². The fourth-order valence-corrected chi connectivity index (χ4v) is 1.18. The fourth-order valence-electron chi connectivity index (χ4n) is 1.18. The molecule has 1 aromatic rings. The number of carbonyl (C=O) groups is 1. The lowest BCUT2D eigenvalue weighted by Crippen LogP contribution is -2.33. The monoisotopic (exact) mass is 238 g/mol. The van der Waals surface area contributed by atoms with Crippen LogP contribution in [-0.2, 0) is 11.3 Å². The highest BCUT2D eigenvalue weighted by Gasteiger charge is 2.05. The molecule has 5 heteroatoms. The summed E-state index contributed by atoms with van der Waals surface area (Å²) in [5.41, 5.74) is 0.107. The second-order valence-corrected chi connectivity index (χ2v) is 3.32. The largest absolute Gasteiger partial charge is 0.351 e. The van der Waals surface area contributed by atoms with E-state index in [0.29, 0.717) is 0 Å². The van der Waals surface area contributed by atoms with Gasteiger partial charge in [-0.2, -0.15) is 0 Å². The predicted octanol–water partition coefficient (Wildman–Crippen LogP) is 0.804. The van der Waals surface area contributed by atoms with Gasteiger partial charge in [0.2, 0.25) is 5.91 Å². The number of halogens is 2. The van der Waals surface area contributed by atoms with E-state index < -0.39 is 11.6 Å². The minimum absolute atomic E-state index is 0.0428. The summed E-state index contributed by atoms with van der Waals surface area (Å²) in [6.45, 7) is 0.267. The first-order chi connectivity index (χ1) is 8.13. The van der Waals surface area contributed by atoms with Gasteiger partial charge in [0.25, 0.3) is 0 Å². The van der Waals surface area contributed by atoms with E-state index in [9.17, 15) is 13.6 Å². The van der Waals surface area contributed by atoms with Crippen LogP contribution in [-0.4, -0.2) is 19.0 Å². The highest BCUT2D eigenvalue weighted by molar-refractivity contribution is 5.77. The Morgan fingerprint density at radius 2 is 2.18 bits per heavy atom. The second-order valence-electron chi connectivity index (χ2n) is 3.32. The van der Waals surface area contributed by atoms with Gasteiger partial charge < -0.3 is 5.32 Å². The molecule has 0 unspecified atom stereocenters. The van der Waals surface area contributed by atoms with Gasteiger partial charge in [0.15, 0.2) is 0 Å². The summed E-state index contributed by atoms with van der Waals surface area (Å²) in [4.78, 5) is 11.2. The molecule has 1 amide bonds. The van der Waals surface area contributed by atoms with Crippen LogP contribution in [0.1, 0.15) is 5.56 Å². The standard InChI is InChI=1S/C12H12F2N2O/c1-2-5-15-8-12(17)16-7-9-6-10(13)3-4-11(9)14/h1,3-4,6,15H,5,7-8H2,(H,16,17). The zero-order valence-corrected chi connectivity index (χ0v) is 9.09. The van der Waals surface area contributed by atoms with E-state index in [-0.39, 0.29) is 31.1 Å². The van der Waals surface area contributed by atoms with Crippen molar-refractivity contribution in [3.63, 3.8) is 0 Å². The van der Waals surface area contributed by atoms with Crippen molar-refractivity contribution >= 4 is 5.91 Å². The minimum Gasteiger partial charge on any atom is -0.351 e. The Morgan fingerprint density at radius 3 is 2.88 bits per heavy atom. The Morgan fingerprint density at radius 1 is 1.41 bits per heavy atom. The SMILES string of the molecule is C#CCNCC(=O)NCc1cc(F)ccc1F. The van der Waals surface area contributed by atoms with Crippen LogP contribution in [0.2, 0.25) is 0 Å². The molecule has 0 radical (unpaired) electrons. The number of terminal acetylenes is 1. The Hall–Kier alpha value is -1.93. The molecule has 17 heavy (non-hydrogen) atoms. The second kappa shape index (κ2) is 6.61. The molecule has 0 saturated heterocycles. The zero-order chi connectivity index (χ0) is 12.7. The van der Waals surface area contributed by atoms with Gasteiger partial charge >= 0.3 is 0 Å². The molecule has 0 fully saturated rings. The lowest BCUT2D eigenvalue weighted by atomic mass is 10.2. The van der Waals surface area contributed by atoms with Gasteiger partial charge in [0, 0.05) is 12.1 Å². The summed E-state index contributed by atoms with van der Waals surface area (Å²) in [7, 11) is 0. The molecule has 0 aliphatic carbocycles. The summed E-state index contributed by atoms with van der Waals surface area (Å²) < 4.78 is 26.0. The van der Waals surface area contributed by atoms with Crippen LogP contribution in [0.3, 0.4) is 0 Å². The van der Waals surface area contributed by atoms with Crippen LogP contribution in [0.25, 0.3) is 0 Å². The third-order valence-electron chi connectivity index (χ3n) is 2.00. The van der Waals surface area contributed by atoms with Crippen LogP contribution >= 0.6 is 0 Å². The molecule has 3 nitrogen and oxygen atoms in total. The summed E-state index contributed by atoms with van der Waals surface area (Å²) in [5.74, 6) is 0.890. The Bertz CT molecular complexity index is 441. The lowest BCUT2D eigenvalue weighted by Gasteiger charge is -2.06. The molecule has 1 aromatic carbocycles. The van der Waals surface area contributed by atoms with E-state index in [1.54, 1.807) is 0 Å². The zero-order valence-electron chi connectivity index (χ0n) is 9.09. The van der Waals surface area contributed by atoms with E-state index in [2.05, 4.69) is 16.6 Å². The normalized spacial score (nSPS) is 9.71. The number of nitrogens with one attached hydrogen (secondary N) is 2. The maximum absolute atomic E-state index is 13.2. The van der Waals surface area contributed by atoms with E-state index in [4.69, 9.17) is 6.42 Å². The van der Waals surface area contributed by atoms with Crippen molar-refractivity contribution in [3.05, 3.63) is 35.4 Å². The van der Waals surface area contributed by atoms with Crippen LogP contribution in [0.4, 0.5) is 8.78 Å². The number of benzene rings is 1. The summed E-state index contributed by atoms with van der Waals surface area (Å²) >= 11 is 0. The molecule has 0 aliphatic rings. The number of hydrogen-bond acceptors (Lipinski definition) is 2. The first-order valence-corrected chi connectivity index (χ1v) is 4.98. The van der Waals surface area contributed by atoms with Gasteiger partial charge in [-0.05, 0) is 18.2 Å². The topological polar surface area (TPSA) is 41.1 Å². The van der Waals surface area contributed by atoms with E-state index in [0.717, 1.165) is 18.2 Å². The Kier molecular flexibility index (Phi) is 5.11. The summed E-state index contributed by atoms with van der Waals surface area (Å²) in [6, 6.07) is 3.09. The van der Waals surface area contributed by atoms with Crippen molar-refractivity contribution in [2.24, 2.45) is 0 Å². The highest BCUT2D eigenvalue weighted by Crippen LogP contribution is 2.08. The smallest absolute Gasteiger partial charge is 0.234 e. The third-order valence-corrected chi connectivity index (χ3v) is 2.00. The first kappa shape index (κ1) is 13.1. The molecule has 0 bridgehead atoms. The van der Waals surface area contributed by atoms with Crippen molar-refractivity contribution < 1.29 is 13.6 Å². The molecule has 0 aliphatic heterocycles. The van der Waals surface area contributed by atoms with Gasteiger partial charge in [-0.25, -0.2) is 8.78 Å². The van der Waals surface area contributed by atoms with Gasteiger partial charge in [-0.3, -0.25) is 10.1 Å². The van der Waals surface area contributed by atoms with Crippen LogP contribution in [0, 0.1) is 24.0 Å². The highest BCUT2D eigenvalue weighted by atomic mass is 19.1. The summed E-state index contributed by atoms with van der Waals surface area (Å²) in [5, 5.41) is 5.13. The van der Waals surface area contributed by atoms with Gasteiger partial charge in [-0.1, -0.05) is 5.92 Å². The van der Waals surface area contributed by atoms with Gasteiger partial charge in [0.05, 0.1) is 13.1 Å². The minimum atomic E-state index is -0.553. The average molecular weight is 238 g/mol. The van der Waals surface area contributed by atoms with Crippen LogP contribution in [0.5, 0.6) is 0 Å². The maximum atomic E-state index is 13.2. The first-order valence-electron chi connectivity index (χ1n) is 4.98. The fraction of sp³-hybridized carbons (Fsp3) is 0.250. The molecule has 0 heterocycles. The molecule has 0 atom stereocenters. The molecule has 1 rings (SSSR count). The number of amides is 1. The van der Waals surface area contributed by atoms with Crippen molar-refractivity contribution in [1.82, 2.24) is 10.6 Å². The van der Waals surface area contributed by atoms with Crippen LogP contribution < -0.4 is 10.6 Å². The molecule has 90 valence electrons. The van der Waals surface area contributed by atoms with Gasteiger partial charge in [0.1, 0.15) is 11.6 Å². The molecule has 0 aromatic heterocycles. The van der Waals surface area contributed by atoms with Gasteiger partial charge in [-0.15, -0.1) is 6.42 Å². The molecule has 0 saturated carbocycles.